The smallest absolute Gasteiger partial charge is 0.141 e. The molecule has 2 aliphatic rings. The van der Waals surface area contributed by atoms with E-state index in [2.05, 4.69) is 38.0 Å². The number of halogens is 1. The van der Waals surface area contributed by atoms with Gasteiger partial charge in [-0.15, -0.1) is 0 Å². The van der Waals surface area contributed by atoms with Gasteiger partial charge in [0.05, 0.1) is 35.5 Å². The molecule has 2 saturated carbocycles. The molecular formula is C25H28FN5O. The topological polar surface area (TPSA) is 61.7 Å². The first-order valence-corrected chi connectivity index (χ1v) is 11.7. The Morgan fingerprint density at radius 1 is 1.09 bits per heavy atom. The lowest BCUT2D eigenvalue weighted by Crippen LogP contribution is -2.31. The van der Waals surface area contributed by atoms with E-state index < -0.39 is 5.67 Å². The molecule has 0 spiro atoms. The van der Waals surface area contributed by atoms with Gasteiger partial charge in [0.15, 0.2) is 0 Å². The lowest BCUT2D eigenvalue weighted by Gasteiger charge is -2.30. The van der Waals surface area contributed by atoms with Gasteiger partial charge in [0.25, 0.3) is 0 Å². The van der Waals surface area contributed by atoms with Crippen molar-refractivity contribution in [2.75, 3.05) is 0 Å². The third-order valence-corrected chi connectivity index (χ3v) is 7.08. The van der Waals surface area contributed by atoms with Crippen LogP contribution in [0, 0.1) is 13.8 Å². The van der Waals surface area contributed by atoms with Crippen LogP contribution in [-0.4, -0.2) is 30.2 Å². The maximum atomic E-state index is 15.7. The van der Waals surface area contributed by atoms with Crippen LogP contribution in [0.25, 0.3) is 33.3 Å². The summed E-state index contributed by atoms with van der Waals surface area (Å²) in [5.41, 5.74) is 5.45. The van der Waals surface area contributed by atoms with Gasteiger partial charge >= 0.3 is 0 Å². The third kappa shape index (κ3) is 3.34. The summed E-state index contributed by atoms with van der Waals surface area (Å²) < 4.78 is 25.2. The van der Waals surface area contributed by atoms with Crippen molar-refractivity contribution >= 4 is 11.0 Å². The molecule has 4 aromatic heterocycles. The Morgan fingerprint density at radius 2 is 1.91 bits per heavy atom. The van der Waals surface area contributed by atoms with E-state index in [1.807, 2.05) is 26.2 Å². The van der Waals surface area contributed by atoms with E-state index in [1.54, 1.807) is 0 Å². The van der Waals surface area contributed by atoms with Crippen molar-refractivity contribution in [2.24, 2.45) is 0 Å². The van der Waals surface area contributed by atoms with Crippen LogP contribution in [0.4, 0.5) is 4.39 Å². The van der Waals surface area contributed by atoms with Gasteiger partial charge in [-0.2, -0.15) is 5.10 Å². The van der Waals surface area contributed by atoms with E-state index in [0.717, 1.165) is 64.0 Å². The van der Waals surface area contributed by atoms with Gasteiger partial charge < -0.3 is 9.09 Å². The molecule has 4 aromatic rings. The fourth-order valence-corrected chi connectivity index (χ4v) is 5.20. The number of nitrogens with zero attached hydrogens (tertiary/aromatic N) is 5. The van der Waals surface area contributed by atoms with E-state index in [9.17, 15) is 0 Å². The van der Waals surface area contributed by atoms with Crippen molar-refractivity contribution in [1.82, 2.24) is 24.5 Å². The van der Waals surface area contributed by atoms with Gasteiger partial charge in [-0.3, -0.25) is 9.67 Å². The summed E-state index contributed by atoms with van der Waals surface area (Å²) >= 11 is 0. The summed E-state index contributed by atoms with van der Waals surface area (Å²) in [5.74, 6) is 0.766. The second kappa shape index (κ2) is 7.29. The maximum Gasteiger partial charge on any atom is 0.141 e. The normalized spacial score (nSPS) is 18.5. The lowest BCUT2D eigenvalue weighted by atomic mass is 9.86. The molecule has 0 unspecified atom stereocenters. The standard InChI is InChI=1S/C25H28FN5O/c1-16-23(17(2)32-29-16)18-10-22-24(27-11-18)21(19-12-28-31(13-19)20-6-7-20)14-30(22)15-25(26)8-4-3-5-9-25/h10-14,20H,3-9,15H2,1-2H3. The van der Waals surface area contributed by atoms with Crippen LogP contribution in [0.3, 0.4) is 0 Å². The molecular weight excluding hydrogens is 405 g/mol. The van der Waals surface area contributed by atoms with Crippen LogP contribution in [-0.2, 0) is 6.54 Å². The number of aryl methyl sites for hydroxylation is 2. The molecule has 0 atom stereocenters. The first-order valence-electron chi connectivity index (χ1n) is 11.7. The van der Waals surface area contributed by atoms with E-state index in [4.69, 9.17) is 9.51 Å². The third-order valence-electron chi connectivity index (χ3n) is 7.08. The van der Waals surface area contributed by atoms with Crippen molar-refractivity contribution < 1.29 is 8.91 Å². The van der Waals surface area contributed by atoms with Crippen molar-refractivity contribution in [3.8, 4) is 22.3 Å². The number of pyridine rings is 1. The zero-order valence-corrected chi connectivity index (χ0v) is 18.6. The number of fused-ring (bicyclic) bond motifs is 1. The van der Waals surface area contributed by atoms with Crippen LogP contribution in [0.5, 0.6) is 0 Å². The zero-order chi connectivity index (χ0) is 21.9. The molecule has 6 rings (SSSR count). The van der Waals surface area contributed by atoms with Crippen LogP contribution in [0.2, 0.25) is 0 Å². The number of hydrogen-bond acceptors (Lipinski definition) is 4. The van der Waals surface area contributed by atoms with Crippen LogP contribution < -0.4 is 0 Å². The van der Waals surface area contributed by atoms with Gasteiger partial charge in [0.1, 0.15) is 11.4 Å². The van der Waals surface area contributed by atoms with Gasteiger partial charge in [0.2, 0.25) is 0 Å². The summed E-state index contributed by atoms with van der Waals surface area (Å²) in [6.45, 7) is 4.20. The summed E-state index contributed by atoms with van der Waals surface area (Å²) in [6, 6.07) is 2.63. The predicted molar refractivity (Wildman–Crippen MR) is 121 cm³/mol. The highest BCUT2D eigenvalue weighted by molar-refractivity contribution is 5.94. The van der Waals surface area contributed by atoms with Crippen molar-refractivity contribution in [3.05, 3.63) is 42.3 Å². The molecule has 2 aliphatic carbocycles. The van der Waals surface area contributed by atoms with Crippen LogP contribution >= 0.6 is 0 Å². The van der Waals surface area contributed by atoms with Crippen LogP contribution in [0.15, 0.2) is 35.4 Å². The molecule has 0 bridgehead atoms. The number of rotatable bonds is 5. The quantitative estimate of drug-likeness (QED) is 0.377. The first kappa shape index (κ1) is 19.7. The molecule has 32 heavy (non-hydrogen) atoms. The second-order valence-electron chi connectivity index (χ2n) is 9.61. The van der Waals surface area contributed by atoms with Gasteiger partial charge in [-0.05, 0) is 45.6 Å². The average molecular weight is 434 g/mol. The first-order chi connectivity index (χ1) is 15.5. The van der Waals surface area contributed by atoms with Crippen LogP contribution in [0.1, 0.15) is 62.4 Å². The summed E-state index contributed by atoms with van der Waals surface area (Å²) in [4.78, 5) is 4.85. The molecule has 6 nitrogen and oxygen atoms in total. The minimum absolute atomic E-state index is 0.354. The molecule has 166 valence electrons. The Morgan fingerprint density at radius 3 is 2.62 bits per heavy atom. The SMILES string of the molecule is Cc1noc(C)c1-c1cnc2c(-c3cnn(C4CC4)c3)cn(CC3(F)CCCCC3)c2c1. The fraction of sp³-hybridized carbons (Fsp3) is 0.480. The average Bonchev–Trinajstić information content (AvgIpc) is 3.27. The maximum absolute atomic E-state index is 15.7. The molecule has 4 heterocycles. The lowest BCUT2D eigenvalue weighted by molar-refractivity contribution is 0.0873. The van der Waals surface area contributed by atoms with Gasteiger partial charge in [-0.1, -0.05) is 24.4 Å². The minimum Gasteiger partial charge on any atom is -0.361 e. The Balaban J connectivity index is 1.48. The molecule has 7 heteroatoms. The van der Waals surface area contributed by atoms with Crippen molar-refractivity contribution in [3.63, 3.8) is 0 Å². The van der Waals surface area contributed by atoms with E-state index in [-0.39, 0.29) is 0 Å². The highest BCUT2D eigenvalue weighted by Gasteiger charge is 2.33. The number of aromatic nitrogens is 5. The second-order valence-corrected chi connectivity index (χ2v) is 9.61. The molecule has 0 N–H and O–H groups in total. The molecule has 0 amide bonds. The Labute approximate surface area is 186 Å². The minimum atomic E-state index is -1.17. The number of hydrogen-bond donors (Lipinski definition) is 0. The summed E-state index contributed by atoms with van der Waals surface area (Å²) in [5, 5.41) is 8.66. The number of alkyl halides is 1. The predicted octanol–water partition coefficient (Wildman–Crippen LogP) is 6.18. The molecule has 0 radical (unpaired) electrons. The Kier molecular flexibility index (Phi) is 4.49. The molecule has 0 saturated heterocycles. The summed E-state index contributed by atoms with van der Waals surface area (Å²) in [7, 11) is 0. The van der Waals surface area contributed by atoms with E-state index in [0.29, 0.717) is 25.4 Å². The van der Waals surface area contributed by atoms with Gasteiger partial charge in [0, 0.05) is 40.8 Å². The molecule has 2 fully saturated rings. The monoisotopic (exact) mass is 433 g/mol. The van der Waals surface area contributed by atoms with Crippen molar-refractivity contribution in [2.45, 2.75) is 77.0 Å². The van der Waals surface area contributed by atoms with Crippen molar-refractivity contribution in [1.29, 1.82) is 0 Å². The molecule has 0 aliphatic heterocycles. The van der Waals surface area contributed by atoms with Gasteiger partial charge in [-0.25, -0.2) is 4.39 Å². The van der Waals surface area contributed by atoms with E-state index >= 15 is 4.39 Å². The van der Waals surface area contributed by atoms with E-state index in [1.165, 1.54) is 12.8 Å². The zero-order valence-electron chi connectivity index (χ0n) is 18.6. The fourth-order valence-electron chi connectivity index (χ4n) is 5.20. The summed E-state index contributed by atoms with van der Waals surface area (Å²) in [6.07, 6.45) is 14.6. The largest absolute Gasteiger partial charge is 0.361 e. The highest BCUT2D eigenvalue weighted by Crippen LogP contribution is 2.39. The highest BCUT2D eigenvalue weighted by atomic mass is 19.1. The molecule has 0 aromatic carbocycles. The Bertz CT molecular complexity index is 1270. The Hall–Kier alpha value is -2.96.